The van der Waals surface area contributed by atoms with Gasteiger partial charge in [-0.3, -0.25) is 4.68 Å². The molecule has 1 aromatic heterocycles. The zero-order valence-electron chi connectivity index (χ0n) is 11.9. The lowest BCUT2D eigenvalue weighted by Gasteiger charge is -2.27. The smallest absolute Gasteiger partial charge is 0.0835 e. The highest BCUT2D eigenvalue weighted by atomic mass is 35.5. The van der Waals surface area contributed by atoms with Gasteiger partial charge in [-0.25, -0.2) is 0 Å². The normalized spacial score (nSPS) is 15.1. The zero-order chi connectivity index (χ0) is 13.7. The Morgan fingerprint density at radius 3 is 2.56 bits per heavy atom. The van der Waals surface area contributed by atoms with Crippen LogP contribution in [0.25, 0.3) is 0 Å². The Morgan fingerprint density at radius 2 is 2.06 bits per heavy atom. The number of halogens is 1. The molecule has 0 fully saturated rings. The Labute approximate surface area is 115 Å². The van der Waals surface area contributed by atoms with E-state index in [0.29, 0.717) is 11.6 Å². The van der Waals surface area contributed by atoms with Gasteiger partial charge in [0.15, 0.2) is 0 Å². The number of rotatable bonds is 7. The second-order valence-electron chi connectivity index (χ2n) is 4.61. The van der Waals surface area contributed by atoms with E-state index in [4.69, 9.17) is 16.3 Å². The molecule has 0 aliphatic rings. The first kappa shape index (κ1) is 15.5. The molecule has 18 heavy (non-hydrogen) atoms. The maximum atomic E-state index is 6.28. The van der Waals surface area contributed by atoms with E-state index in [0.717, 1.165) is 12.2 Å². The average molecular weight is 274 g/mol. The number of likely N-dealkylation sites (N-methyl/N-ethyl adjacent to an activating group) is 1. The van der Waals surface area contributed by atoms with Crippen LogP contribution < -0.4 is 5.32 Å². The van der Waals surface area contributed by atoms with Crippen LogP contribution in [-0.2, 0) is 4.74 Å². The fraction of sp³-hybridized carbons (Fsp3) is 0.769. The van der Waals surface area contributed by atoms with Gasteiger partial charge in [0.25, 0.3) is 0 Å². The molecule has 0 saturated carbocycles. The van der Waals surface area contributed by atoms with E-state index in [1.54, 1.807) is 6.20 Å². The third-order valence-electron chi connectivity index (χ3n) is 2.89. The Bertz CT molecular complexity index is 365. The van der Waals surface area contributed by atoms with Crippen LogP contribution in [0.2, 0.25) is 5.02 Å². The van der Waals surface area contributed by atoms with E-state index < -0.39 is 0 Å². The van der Waals surface area contributed by atoms with Crippen molar-refractivity contribution in [2.75, 3.05) is 13.2 Å². The van der Waals surface area contributed by atoms with Gasteiger partial charge in [-0.1, -0.05) is 18.5 Å². The van der Waals surface area contributed by atoms with Gasteiger partial charge < -0.3 is 10.1 Å². The molecule has 1 N–H and O–H groups in total. The Hall–Kier alpha value is -0.580. The summed E-state index contributed by atoms with van der Waals surface area (Å²) in [5.74, 6) is 0. The molecule has 2 atom stereocenters. The van der Waals surface area contributed by atoms with Gasteiger partial charge in [0.2, 0.25) is 0 Å². The second-order valence-corrected chi connectivity index (χ2v) is 5.02. The molecule has 5 heteroatoms. The van der Waals surface area contributed by atoms with Gasteiger partial charge in [-0.2, -0.15) is 5.10 Å². The third kappa shape index (κ3) is 3.46. The quantitative estimate of drug-likeness (QED) is 0.829. The maximum Gasteiger partial charge on any atom is 0.0835 e. The highest BCUT2D eigenvalue weighted by Gasteiger charge is 2.26. The van der Waals surface area contributed by atoms with Crippen molar-refractivity contribution >= 4 is 11.6 Å². The van der Waals surface area contributed by atoms with E-state index in [1.807, 2.05) is 11.6 Å². The van der Waals surface area contributed by atoms with Crippen LogP contribution >= 0.6 is 11.6 Å². The summed E-state index contributed by atoms with van der Waals surface area (Å²) in [6, 6.07) is 0.342. The largest absolute Gasteiger partial charge is 0.377 e. The van der Waals surface area contributed by atoms with Crippen molar-refractivity contribution in [1.29, 1.82) is 0 Å². The van der Waals surface area contributed by atoms with Crippen molar-refractivity contribution in [2.45, 2.75) is 52.8 Å². The minimum atomic E-state index is 0.0571. The van der Waals surface area contributed by atoms with Crippen molar-refractivity contribution in [2.24, 2.45) is 0 Å². The topological polar surface area (TPSA) is 39.1 Å². The third-order valence-corrected chi connectivity index (χ3v) is 3.18. The molecule has 1 heterocycles. The molecule has 0 spiro atoms. The lowest BCUT2D eigenvalue weighted by Crippen LogP contribution is -2.34. The van der Waals surface area contributed by atoms with Gasteiger partial charge in [0.1, 0.15) is 0 Å². The number of aromatic nitrogens is 2. The van der Waals surface area contributed by atoms with Crippen LogP contribution in [0.3, 0.4) is 0 Å². The first-order valence-electron chi connectivity index (χ1n) is 6.60. The highest BCUT2D eigenvalue weighted by Crippen LogP contribution is 2.28. The van der Waals surface area contributed by atoms with Crippen LogP contribution in [0, 0.1) is 0 Å². The fourth-order valence-electron chi connectivity index (χ4n) is 2.12. The van der Waals surface area contributed by atoms with E-state index in [1.165, 1.54) is 0 Å². The lowest BCUT2D eigenvalue weighted by molar-refractivity contribution is 0.0450. The molecule has 4 nitrogen and oxygen atoms in total. The van der Waals surface area contributed by atoms with Crippen LogP contribution in [-0.4, -0.2) is 29.0 Å². The van der Waals surface area contributed by atoms with Crippen LogP contribution in [0.5, 0.6) is 0 Å². The summed E-state index contributed by atoms with van der Waals surface area (Å²) < 4.78 is 7.67. The zero-order valence-corrected chi connectivity index (χ0v) is 12.7. The number of ether oxygens (including phenoxy) is 1. The summed E-state index contributed by atoms with van der Waals surface area (Å²) in [6.07, 6.45) is 1.77. The molecule has 0 aliphatic heterocycles. The van der Waals surface area contributed by atoms with E-state index in [9.17, 15) is 0 Å². The highest BCUT2D eigenvalue weighted by molar-refractivity contribution is 6.31. The van der Waals surface area contributed by atoms with E-state index in [-0.39, 0.29) is 18.2 Å². The number of nitrogens with zero attached hydrogens (tertiary/aromatic N) is 2. The summed E-state index contributed by atoms with van der Waals surface area (Å²) in [4.78, 5) is 0. The molecule has 0 amide bonds. The summed E-state index contributed by atoms with van der Waals surface area (Å²) in [5, 5.41) is 8.48. The monoisotopic (exact) mass is 273 g/mol. The van der Waals surface area contributed by atoms with Crippen LogP contribution in [0.4, 0.5) is 0 Å². The average Bonchev–Trinajstić information content (AvgIpc) is 2.68. The minimum absolute atomic E-state index is 0.0571. The Balaban J connectivity index is 3.08. The predicted molar refractivity (Wildman–Crippen MR) is 75.1 cm³/mol. The molecular weight excluding hydrogens is 250 g/mol. The second kappa shape index (κ2) is 7.12. The van der Waals surface area contributed by atoms with Crippen molar-refractivity contribution < 1.29 is 4.74 Å². The molecule has 1 rings (SSSR count). The number of hydrogen-bond acceptors (Lipinski definition) is 3. The summed E-state index contributed by atoms with van der Waals surface area (Å²) in [7, 11) is 0. The summed E-state index contributed by atoms with van der Waals surface area (Å²) in [5.41, 5.74) is 1.01. The first-order chi connectivity index (χ1) is 8.52. The Morgan fingerprint density at radius 1 is 1.39 bits per heavy atom. The molecule has 0 bridgehead atoms. The summed E-state index contributed by atoms with van der Waals surface area (Å²) in [6.45, 7) is 11.9. The lowest BCUT2D eigenvalue weighted by atomic mass is 10.1. The Kier molecular flexibility index (Phi) is 6.12. The van der Waals surface area contributed by atoms with Gasteiger partial charge >= 0.3 is 0 Å². The van der Waals surface area contributed by atoms with Crippen molar-refractivity contribution in [3.8, 4) is 0 Å². The minimum Gasteiger partial charge on any atom is -0.377 e. The number of hydrogen-bond donors (Lipinski definition) is 1. The van der Waals surface area contributed by atoms with E-state index in [2.05, 4.69) is 38.1 Å². The van der Waals surface area contributed by atoms with Gasteiger partial charge in [-0.15, -0.1) is 0 Å². The molecule has 104 valence electrons. The standard InChI is InChI=1S/C13H24ClN3O/c1-6-15-12(10(5)18-7-2)13-11(14)8-16-17(13)9(3)4/h8-10,12,15H,6-7H2,1-5H3. The van der Waals surface area contributed by atoms with Gasteiger partial charge in [-0.05, 0) is 34.2 Å². The molecule has 0 aliphatic carbocycles. The molecular formula is C13H24ClN3O. The molecule has 0 saturated heterocycles. The first-order valence-corrected chi connectivity index (χ1v) is 6.98. The van der Waals surface area contributed by atoms with Crippen molar-refractivity contribution in [3.63, 3.8) is 0 Å². The predicted octanol–water partition coefficient (Wildman–Crippen LogP) is 3.19. The van der Waals surface area contributed by atoms with E-state index >= 15 is 0 Å². The molecule has 0 aromatic carbocycles. The molecule has 1 aromatic rings. The molecule has 2 unspecified atom stereocenters. The SMILES string of the molecule is CCNC(c1c(Cl)cnn1C(C)C)C(C)OCC. The van der Waals surface area contributed by atoms with Crippen molar-refractivity contribution in [3.05, 3.63) is 16.9 Å². The fourth-order valence-corrected chi connectivity index (χ4v) is 2.36. The molecule has 0 radical (unpaired) electrons. The maximum absolute atomic E-state index is 6.28. The van der Waals surface area contributed by atoms with Gasteiger partial charge in [0.05, 0.1) is 29.1 Å². The summed E-state index contributed by atoms with van der Waals surface area (Å²) >= 11 is 6.28. The van der Waals surface area contributed by atoms with Crippen molar-refractivity contribution in [1.82, 2.24) is 15.1 Å². The van der Waals surface area contributed by atoms with Gasteiger partial charge in [0, 0.05) is 12.6 Å². The van der Waals surface area contributed by atoms with Crippen LogP contribution in [0.1, 0.15) is 52.4 Å². The number of nitrogens with one attached hydrogen (secondary N) is 1. The van der Waals surface area contributed by atoms with Crippen LogP contribution in [0.15, 0.2) is 6.20 Å².